The van der Waals surface area contributed by atoms with Crippen LogP contribution in [0, 0.1) is 0 Å². The first-order chi connectivity index (χ1) is 5.50. The molecule has 0 spiro atoms. The molecule has 12 heavy (non-hydrogen) atoms. The van der Waals surface area contributed by atoms with Crippen LogP contribution in [0.5, 0.6) is 0 Å². The maximum Gasteiger partial charge on any atom is 0.414 e. The topological polar surface area (TPSA) is 94.9 Å². The highest BCUT2D eigenvalue weighted by Gasteiger charge is 2.25. The monoisotopic (exact) mass is 175 g/mol. The lowest BCUT2D eigenvalue weighted by molar-refractivity contribution is -0.154. The van der Waals surface area contributed by atoms with E-state index in [0.717, 1.165) is 0 Å². The Morgan fingerprint density at radius 3 is 2.00 bits per heavy atom. The molecule has 0 aliphatic carbocycles. The van der Waals surface area contributed by atoms with Gasteiger partial charge in [0.25, 0.3) is 0 Å². The highest BCUT2D eigenvalue weighted by molar-refractivity contribution is 6.33. The summed E-state index contributed by atoms with van der Waals surface area (Å²) >= 11 is 0. The number of hydrogen-bond acceptors (Lipinski definition) is 3. The lowest BCUT2D eigenvalue weighted by Crippen LogP contribution is -2.40. The van der Waals surface area contributed by atoms with Crippen molar-refractivity contribution in [1.82, 2.24) is 4.90 Å². The number of carboxylic acids is 1. The second kappa shape index (κ2) is 4.32. The summed E-state index contributed by atoms with van der Waals surface area (Å²) in [5.74, 6) is -3.17. The van der Waals surface area contributed by atoms with Crippen molar-refractivity contribution in [2.75, 3.05) is 6.54 Å². The molecule has 0 aromatic carbocycles. The highest BCUT2D eigenvalue weighted by Crippen LogP contribution is 1.93. The number of nitrogens with zero attached hydrogens (tertiary/aromatic N) is 1. The minimum absolute atomic E-state index is 0.0968. The fourth-order valence-corrected chi connectivity index (χ4v) is 0.623. The molecule has 0 saturated heterocycles. The van der Waals surface area contributed by atoms with E-state index in [1.165, 1.54) is 0 Å². The summed E-state index contributed by atoms with van der Waals surface area (Å²) in [7, 11) is 0. The second-order valence-electron chi connectivity index (χ2n) is 2.04. The molecule has 0 rings (SSSR count). The van der Waals surface area contributed by atoms with Crippen molar-refractivity contribution in [2.24, 2.45) is 0 Å². The third-order valence-electron chi connectivity index (χ3n) is 1.11. The summed E-state index contributed by atoms with van der Waals surface area (Å²) in [5.41, 5.74) is 0. The lowest BCUT2D eigenvalue weighted by atomic mass is 10.4. The molecule has 0 radical (unpaired) electrons. The van der Waals surface area contributed by atoms with Crippen LogP contribution in [0.1, 0.15) is 13.3 Å². The van der Waals surface area contributed by atoms with E-state index in [0.29, 0.717) is 6.42 Å². The third-order valence-corrected chi connectivity index (χ3v) is 1.11. The number of hydrogen-bond donors (Lipinski definition) is 2. The van der Waals surface area contributed by atoms with Crippen LogP contribution >= 0.6 is 0 Å². The van der Waals surface area contributed by atoms with Crippen LogP contribution in [0.25, 0.3) is 0 Å². The van der Waals surface area contributed by atoms with Crippen molar-refractivity contribution in [3.05, 3.63) is 0 Å². The molecule has 0 atom stereocenters. The zero-order valence-electron chi connectivity index (χ0n) is 6.48. The zero-order valence-corrected chi connectivity index (χ0v) is 6.48. The van der Waals surface area contributed by atoms with Crippen molar-refractivity contribution in [3.63, 3.8) is 0 Å². The third kappa shape index (κ3) is 2.57. The van der Waals surface area contributed by atoms with Gasteiger partial charge < -0.3 is 10.2 Å². The number of imide groups is 1. The average molecular weight is 175 g/mol. The van der Waals surface area contributed by atoms with Gasteiger partial charge in [0.15, 0.2) is 0 Å². The van der Waals surface area contributed by atoms with E-state index in [9.17, 15) is 14.4 Å². The Morgan fingerprint density at radius 1 is 1.25 bits per heavy atom. The Balaban J connectivity index is 4.40. The van der Waals surface area contributed by atoms with Crippen LogP contribution in [0.4, 0.5) is 4.79 Å². The summed E-state index contributed by atoms with van der Waals surface area (Å²) in [5, 5.41) is 16.5. The minimum Gasteiger partial charge on any atom is -0.474 e. The normalized spacial score (nSPS) is 9.08. The van der Waals surface area contributed by atoms with E-state index in [-0.39, 0.29) is 11.4 Å². The lowest BCUT2D eigenvalue weighted by Gasteiger charge is -2.12. The van der Waals surface area contributed by atoms with Crippen LogP contribution in [0.3, 0.4) is 0 Å². The predicted molar refractivity (Wildman–Crippen MR) is 37.7 cm³/mol. The fourth-order valence-electron chi connectivity index (χ4n) is 0.623. The molecule has 0 fully saturated rings. The molecule has 0 bridgehead atoms. The Bertz CT molecular complexity index is 212. The number of aliphatic carboxylic acids is 1. The average Bonchev–Trinajstić information content (AvgIpc) is 1.98. The standard InChI is InChI=1S/C6H9NO5/c1-2-3-7(6(11)12)4(8)5(9)10/h2-3H2,1H3,(H,9,10)(H,11,12). The van der Waals surface area contributed by atoms with Gasteiger partial charge in [-0.2, -0.15) is 0 Å². The first-order valence-electron chi connectivity index (χ1n) is 3.28. The van der Waals surface area contributed by atoms with Crippen molar-refractivity contribution in [1.29, 1.82) is 0 Å². The molecular weight excluding hydrogens is 166 g/mol. The largest absolute Gasteiger partial charge is 0.474 e. The quantitative estimate of drug-likeness (QED) is 0.575. The summed E-state index contributed by atoms with van der Waals surface area (Å²) < 4.78 is 0. The first-order valence-corrected chi connectivity index (χ1v) is 3.28. The maximum atomic E-state index is 10.6. The van der Waals surface area contributed by atoms with Gasteiger partial charge in [-0.3, -0.25) is 4.79 Å². The molecule has 0 aliphatic heterocycles. The van der Waals surface area contributed by atoms with E-state index in [2.05, 4.69) is 0 Å². The number of carboxylic acid groups (broad SMARTS) is 2. The molecule has 68 valence electrons. The molecule has 0 saturated carbocycles. The van der Waals surface area contributed by atoms with E-state index >= 15 is 0 Å². The summed E-state index contributed by atoms with van der Waals surface area (Å²) in [6.07, 6.45) is -1.14. The molecule has 0 aromatic heterocycles. The van der Waals surface area contributed by atoms with Crippen molar-refractivity contribution in [2.45, 2.75) is 13.3 Å². The maximum absolute atomic E-state index is 10.6. The Hall–Kier alpha value is -1.59. The van der Waals surface area contributed by atoms with Crippen molar-refractivity contribution < 1.29 is 24.6 Å². The Kier molecular flexibility index (Phi) is 3.75. The number of carbonyl (C=O) groups excluding carboxylic acids is 1. The summed E-state index contributed by atoms with van der Waals surface area (Å²) in [6.45, 7) is 1.55. The first kappa shape index (κ1) is 10.4. The van der Waals surface area contributed by atoms with Crippen molar-refractivity contribution >= 4 is 18.0 Å². The van der Waals surface area contributed by atoms with Crippen LogP contribution < -0.4 is 0 Å². The molecule has 0 aromatic rings. The van der Waals surface area contributed by atoms with Gasteiger partial charge in [-0.25, -0.2) is 14.5 Å². The molecule has 0 aliphatic rings. The van der Waals surface area contributed by atoms with Gasteiger partial charge >= 0.3 is 18.0 Å². The highest BCUT2D eigenvalue weighted by atomic mass is 16.4. The minimum atomic E-state index is -1.76. The number of amides is 2. The smallest absolute Gasteiger partial charge is 0.414 e. The molecule has 6 heteroatoms. The zero-order chi connectivity index (χ0) is 9.72. The van der Waals surface area contributed by atoms with Gasteiger partial charge in [0, 0.05) is 6.54 Å². The fraction of sp³-hybridized carbons (Fsp3) is 0.500. The van der Waals surface area contributed by atoms with Gasteiger partial charge in [-0.1, -0.05) is 6.92 Å². The Morgan fingerprint density at radius 2 is 1.75 bits per heavy atom. The van der Waals surface area contributed by atoms with Crippen LogP contribution in [0.15, 0.2) is 0 Å². The van der Waals surface area contributed by atoms with E-state index in [1.54, 1.807) is 6.92 Å². The number of carbonyl (C=O) groups is 3. The summed E-state index contributed by atoms with van der Waals surface area (Å²) in [6, 6.07) is 0. The Labute approximate surface area is 68.4 Å². The molecular formula is C6H9NO5. The second-order valence-corrected chi connectivity index (χ2v) is 2.04. The molecule has 0 heterocycles. The van der Waals surface area contributed by atoms with Gasteiger partial charge in [0.05, 0.1) is 0 Å². The molecule has 2 N–H and O–H groups in total. The molecule has 2 amide bonds. The van der Waals surface area contributed by atoms with Crippen molar-refractivity contribution in [3.8, 4) is 0 Å². The van der Waals surface area contributed by atoms with Gasteiger partial charge in [0.2, 0.25) is 0 Å². The van der Waals surface area contributed by atoms with Crippen LogP contribution in [0.2, 0.25) is 0 Å². The van der Waals surface area contributed by atoms with E-state index < -0.39 is 18.0 Å². The van der Waals surface area contributed by atoms with E-state index in [4.69, 9.17) is 10.2 Å². The molecule has 0 unspecified atom stereocenters. The van der Waals surface area contributed by atoms with Crippen LogP contribution in [-0.4, -0.2) is 39.6 Å². The van der Waals surface area contributed by atoms with E-state index in [1.807, 2.05) is 0 Å². The van der Waals surface area contributed by atoms with Gasteiger partial charge in [-0.15, -0.1) is 0 Å². The molecule has 6 nitrogen and oxygen atoms in total. The predicted octanol–water partition coefficient (Wildman–Crippen LogP) is -0.0124. The van der Waals surface area contributed by atoms with Gasteiger partial charge in [0.1, 0.15) is 0 Å². The van der Waals surface area contributed by atoms with Crippen LogP contribution in [-0.2, 0) is 9.59 Å². The SMILES string of the molecule is CCCN(C(=O)O)C(=O)C(=O)O. The number of rotatable bonds is 2. The van der Waals surface area contributed by atoms with Gasteiger partial charge in [-0.05, 0) is 6.42 Å². The summed E-state index contributed by atoms with van der Waals surface area (Å²) in [4.78, 5) is 31.2.